The molecule has 1 saturated heterocycles. The predicted octanol–water partition coefficient (Wildman–Crippen LogP) is 0.776. The Hall–Kier alpha value is -1.50. The molecule has 1 aliphatic heterocycles. The van der Waals surface area contributed by atoms with Gasteiger partial charge in [-0.1, -0.05) is 0 Å². The Morgan fingerprint density at radius 2 is 2.22 bits per heavy atom. The molecule has 7 heteroatoms. The van der Waals surface area contributed by atoms with Crippen LogP contribution in [0.3, 0.4) is 0 Å². The molecule has 1 fully saturated rings. The lowest BCUT2D eigenvalue weighted by Gasteiger charge is -2.25. The molecule has 0 unspecified atom stereocenters. The van der Waals surface area contributed by atoms with Gasteiger partial charge in [-0.2, -0.15) is 5.10 Å². The third-order valence-corrected chi connectivity index (χ3v) is 4.49. The zero-order chi connectivity index (χ0) is 13.4. The van der Waals surface area contributed by atoms with E-state index in [1.54, 1.807) is 10.9 Å². The Kier molecular flexibility index (Phi) is 3.34. The summed E-state index contributed by atoms with van der Waals surface area (Å²) in [7, 11) is 1.82. The molecule has 0 radical (unpaired) electrons. The van der Waals surface area contributed by atoms with Gasteiger partial charge in [0.2, 0.25) is 5.91 Å². The molecule has 1 N–H and O–H groups in total. The first kappa shape index (κ1) is 12.9. The number of carboxylic acid groups (broad SMARTS) is 1. The van der Waals surface area contributed by atoms with E-state index in [2.05, 4.69) is 5.10 Å². The maximum Gasteiger partial charge on any atom is 0.327 e. The molecule has 98 valence electrons. The Morgan fingerprint density at radius 1 is 1.56 bits per heavy atom. The Morgan fingerprint density at radius 3 is 2.67 bits per heavy atom. The second-order valence-corrected chi connectivity index (χ2v) is 5.39. The highest BCUT2D eigenvalue weighted by Crippen LogP contribution is 2.42. The van der Waals surface area contributed by atoms with Crippen molar-refractivity contribution < 1.29 is 14.7 Å². The molecule has 1 amide bonds. The van der Waals surface area contributed by atoms with Gasteiger partial charge in [0.25, 0.3) is 0 Å². The molecular weight excluding hydrogens is 254 g/mol. The van der Waals surface area contributed by atoms with Crippen LogP contribution in [0.15, 0.2) is 6.20 Å². The highest BCUT2D eigenvalue weighted by atomic mass is 32.2. The summed E-state index contributed by atoms with van der Waals surface area (Å²) in [5.41, 5.74) is 1.85. The van der Waals surface area contributed by atoms with Gasteiger partial charge >= 0.3 is 5.97 Å². The number of hydrogen-bond acceptors (Lipinski definition) is 4. The fourth-order valence-electron chi connectivity index (χ4n) is 2.08. The summed E-state index contributed by atoms with van der Waals surface area (Å²) >= 11 is 1.47. The summed E-state index contributed by atoms with van der Waals surface area (Å²) in [4.78, 5) is 24.3. The number of hydrogen-bond donors (Lipinski definition) is 1. The minimum Gasteiger partial charge on any atom is -0.480 e. The van der Waals surface area contributed by atoms with Crippen molar-refractivity contribution in [2.75, 3.05) is 5.75 Å². The van der Waals surface area contributed by atoms with Crippen LogP contribution >= 0.6 is 11.8 Å². The normalized spacial score (nSPS) is 23.4. The Labute approximate surface area is 109 Å². The van der Waals surface area contributed by atoms with E-state index in [4.69, 9.17) is 5.11 Å². The van der Waals surface area contributed by atoms with Crippen LogP contribution in [0.4, 0.5) is 0 Å². The Bertz CT molecular complexity index is 500. The summed E-state index contributed by atoms with van der Waals surface area (Å²) in [5.74, 6) is -0.768. The zero-order valence-electron chi connectivity index (χ0n) is 10.5. The summed E-state index contributed by atoms with van der Waals surface area (Å²) in [6, 6.07) is -0.753. The predicted molar refractivity (Wildman–Crippen MR) is 67.1 cm³/mol. The molecule has 0 bridgehead atoms. The molecule has 0 saturated carbocycles. The van der Waals surface area contributed by atoms with E-state index in [-0.39, 0.29) is 11.3 Å². The Balaban J connectivity index is 2.37. The fourth-order valence-corrected chi connectivity index (χ4v) is 3.61. The number of rotatable bonds is 2. The van der Waals surface area contributed by atoms with E-state index in [1.807, 2.05) is 14.0 Å². The van der Waals surface area contributed by atoms with E-state index in [1.165, 1.54) is 23.6 Å². The van der Waals surface area contributed by atoms with Crippen LogP contribution in [0.1, 0.15) is 23.6 Å². The first-order valence-electron chi connectivity index (χ1n) is 5.55. The quantitative estimate of drug-likeness (QED) is 0.858. The van der Waals surface area contributed by atoms with Gasteiger partial charge in [-0.3, -0.25) is 9.48 Å². The molecule has 1 aromatic rings. The van der Waals surface area contributed by atoms with Gasteiger partial charge in [0.15, 0.2) is 0 Å². The smallest absolute Gasteiger partial charge is 0.327 e. The van der Waals surface area contributed by atoms with Crippen molar-refractivity contribution in [3.63, 3.8) is 0 Å². The van der Waals surface area contributed by atoms with Gasteiger partial charge < -0.3 is 10.0 Å². The van der Waals surface area contributed by atoms with Gasteiger partial charge in [-0.25, -0.2) is 4.79 Å². The fraction of sp³-hybridized carbons (Fsp3) is 0.545. The van der Waals surface area contributed by atoms with Crippen LogP contribution in [0.25, 0.3) is 0 Å². The van der Waals surface area contributed by atoms with Crippen LogP contribution in [0.2, 0.25) is 0 Å². The van der Waals surface area contributed by atoms with Crippen LogP contribution in [-0.2, 0) is 16.6 Å². The maximum atomic E-state index is 11.7. The van der Waals surface area contributed by atoms with Crippen molar-refractivity contribution >= 4 is 23.6 Å². The number of carboxylic acids is 1. The van der Waals surface area contributed by atoms with Gasteiger partial charge in [-0.05, 0) is 6.92 Å². The van der Waals surface area contributed by atoms with E-state index in [0.717, 1.165) is 11.3 Å². The molecule has 2 rings (SSSR count). The first-order valence-corrected chi connectivity index (χ1v) is 6.60. The monoisotopic (exact) mass is 269 g/mol. The molecular formula is C11H15N3O3S. The average Bonchev–Trinajstić information content (AvgIpc) is 2.84. The van der Waals surface area contributed by atoms with Crippen LogP contribution in [0.5, 0.6) is 0 Å². The molecule has 2 atom stereocenters. The largest absolute Gasteiger partial charge is 0.480 e. The highest BCUT2D eigenvalue weighted by Gasteiger charge is 2.42. The van der Waals surface area contributed by atoms with Crippen LogP contribution < -0.4 is 0 Å². The van der Waals surface area contributed by atoms with E-state index in [9.17, 15) is 9.59 Å². The lowest BCUT2D eigenvalue weighted by atomic mass is 10.2. The molecule has 18 heavy (non-hydrogen) atoms. The minimum atomic E-state index is -0.957. The van der Waals surface area contributed by atoms with E-state index in [0.29, 0.717) is 5.75 Å². The number of aryl methyl sites for hydroxylation is 1. The van der Waals surface area contributed by atoms with E-state index < -0.39 is 12.0 Å². The second-order valence-electron chi connectivity index (χ2n) is 4.27. The van der Waals surface area contributed by atoms with Crippen molar-refractivity contribution in [1.82, 2.24) is 14.7 Å². The molecule has 1 aromatic heterocycles. The average molecular weight is 269 g/mol. The summed E-state index contributed by atoms with van der Waals surface area (Å²) in [6.45, 7) is 3.32. The lowest BCUT2D eigenvalue weighted by Crippen LogP contribution is -2.41. The topological polar surface area (TPSA) is 75.4 Å². The minimum absolute atomic E-state index is 0.222. The molecule has 6 nitrogen and oxygen atoms in total. The van der Waals surface area contributed by atoms with Gasteiger partial charge in [0, 0.05) is 31.0 Å². The number of amides is 1. The van der Waals surface area contributed by atoms with Crippen molar-refractivity contribution in [3.8, 4) is 0 Å². The molecule has 2 heterocycles. The number of carbonyl (C=O) groups excluding carboxylic acids is 1. The van der Waals surface area contributed by atoms with Gasteiger partial charge in [0.1, 0.15) is 11.4 Å². The molecule has 0 aromatic carbocycles. The molecule has 0 aliphatic carbocycles. The van der Waals surface area contributed by atoms with Crippen LogP contribution in [-0.4, -0.2) is 43.5 Å². The summed E-state index contributed by atoms with van der Waals surface area (Å²) in [5, 5.41) is 13.0. The van der Waals surface area contributed by atoms with Crippen molar-refractivity contribution in [3.05, 3.63) is 17.5 Å². The number of nitrogens with zero attached hydrogens (tertiary/aromatic N) is 3. The molecule has 0 spiro atoms. The lowest BCUT2D eigenvalue weighted by molar-refractivity contribution is -0.148. The van der Waals surface area contributed by atoms with Crippen molar-refractivity contribution in [1.29, 1.82) is 0 Å². The maximum absolute atomic E-state index is 11.7. The standard InChI is InChI=1S/C11H15N3O3S/c1-6-8(4-12-13(6)3)10-14(7(2)15)9(5-18-10)11(16)17/h4,9-10H,5H2,1-3H3,(H,16,17)/t9-,10+/m0/s1. The SMILES string of the molecule is CC(=O)N1[C@@H](c2cnn(C)c2C)SC[C@H]1C(=O)O. The second kappa shape index (κ2) is 4.64. The number of carbonyl (C=O) groups is 2. The zero-order valence-corrected chi connectivity index (χ0v) is 11.3. The van der Waals surface area contributed by atoms with Gasteiger partial charge in [-0.15, -0.1) is 11.8 Å². The number of aromatic nitrogens is 2. The highest BCUT2D eigenvalue weighted by molar-refractivity contribution is 7.99. The van der Waals surface area contributed by atoms with Crippen molar-refractivity contribution in [2.24, 2.45) is 7.05 Å². The molecule has 1 aliphatic rings. The van der Waals surface area contributed by atoms with E-state index >= 15 is 0 Å². The van der Waals surface area contributed by atoms with Crippen LogP contribution in [0, 0.1) is 6.92 Å². The summed E-state index contributed by atoms with van der Waals surface area (Å²) < 4.78 is 1.72. The summed E-state index contributed by atoms with van der Waals surface area (Å²) in [6.07, 6.45) is 1.70. The third-order valence-electron chi connectivity index (χ3n) is 3.19. The number of thioether (sulfide) groups is 1. The number of aliphatic carboxylic acids is 1. The van der Waals surface area contributed by atoms with Gasteiger partial charge in [0.05, 0.1) is 6.20 Å². The third kappa shape index (κ3) is 1.98. The first-order chi connectivity index (χ1) is 8.43. The van der Waals surface area contributed by atoms with Crippen molar-refractivity contribution in [2.45, 2.75) is 25.3 Å².